The van der Waals surface area contributed by atoms with Gasteiger partial charge in [0, 0.05) is 17.6 Å². The summed E-state index contributed by atoms with van der Waals surface area (Å²) >= 11 is 6.21. The van der Waals surface area contributed by atoms with Crippen molar-refractivity contribution < 1.29 is 9.21 Å². The average Bonchev–Trinajstić information content (AvgIpc) is 3.19. The molecular formula is C22H19ClN4O2. The Balaban J connectivity index is 1.64. The summed E-state index contributed by atoms with van der Waals surface area (Å²) in [6.07, 6.45) is 1.65. The second-order valence-corrected chi connectivity index (χ2v) is 7.29. The van der Waals surface area contributed by atoms with Crippen LogP contribution in [0.4, 0.5) is 0 Å². The molecule has 0 fully saturated rings. The number of fused-ring (bicyclic) bond motifs is 1. The van der Waals surface area contributed by atoms with Crippen molar-refractivity contribution in [1.82, 2.24) is 20.1 Å². The van der Waals surface area contributed by atoms with Gasteiger partial charge in [0.2, 0.25) is 11.8 Å². The standard InChI is InChI=1S/C22H19ClN4O2/c1-14(2)27(22(28)16-11-12-24-19-10-6-4-7-15(16)19)13-20-25-26-21(29-20)17-8-3-5-9-18(17)23/h3-12,14H,13H2,1-2H3. The first-order chi connectivity index (χ1) is 14.0. The topological polar surface area (TPSA) is 72.1 Å². The first-order valence-corrected chi connectivity index (χ1v) is 9.64. The monoisotopic (exact) mass is 406 g/mol. The number of hydrogen-bond donors (Lipinski definition) is 0. The van der Waals surface area contributed by atoms with Crippen molar-refractivity contribution in [2.24, 2.45) is 0 Å². The van der Waals surface area contributed by atoms with Gasteiger partial charge in [-0.1, -0.05) is 41.9 Å². The number of rotatable bonds is 5. The van der Waals surface area contributed by atoms with Crippen LogP contribution < -0.4 is 0 Å². The van der Waals surface area contributed by atoms with Crippen molar-refractivity contribution in [2.75, 3.05) is 0 Å². The smallest absolute Gasteiger partial charge is 0.255 e. The van der Waals surface area contributed by atoms with E-state index in [1.807, 2.05) is 56.3 Å². The van der Waals surface area contributed by atoms with Crippen LogP contribution in [0.1, 0.15) is 30.1 Å². The Hall–Kier alpha value is -3.25. The van der Waals surface area contributed by atoms with E-state index >= 15 is 0 Å². The highest BCUT2D eigenvalue weighted by Crippen LogP contribution is 2.27. The van der Waals surface area contributed by atoms with Gasteiger partial charge >= 0.3 is 0 Å². The van der Waals surface area contributed by atoms with Crippen molar-refractivity contribution in [1.29, 1.82) is 0 Å². The van der Waals surface area contributed by atoms with Gasteiger partial charge in [0.05, 0.1) is 28.2 Å². The molecular weight excluding hydrogens is 388 g/mol. The minimum absolute atomic E-state index is 0.0647. The molecule has 1 amide bonds. The number of pyridine rings is 1. The second-order valence-electron chi connectivity index (χ2n) is 6.88. The van der Waals surface area contributed by atoms with Crippen LogP contribution in [-0.4, -0.2) is 32.0 Å². The highest BCUT2D eigenvalue weighted by atomic mass is 35.5. The maximum absolute atomic E-state index is 13.3. The molecule has 0 radical (unpaired) electrons. The Bertz CT molecular complexity index is 1170. The van der Waals surface area contributed by atoms with Gasteiger partial charge in [0.1, 0.15) is 0 Å². The number of para-hydroxylation sites is 1. The molecule has 29 heavy (non-hydrogen) atoms. The average molecular weight is 407 g/mol. The lowest BCUT2D eigenvalue weighted by atomic mass is 10.1. The largest absolute Gasteiger partial charge is 0.419 e. The molecule has 0 bridgehead atoms. The summed E-state index contributed by atoms with van der Waals surface area (Å²) < 4.78 is 5.79. The van der Waals surface area contributed by atoms with Crippen LogP contribution in [-0.2, 0) is 6.54 Å². The number of benzene rings is 2. The van der Waals surface area contributed by atoms with Crippen molar-refractivity contribution >= 4 is 28.4 Å². The van der Waals surface area contributed by atoms with E-state index < -0.39 is 0 Å². The number of hydrogen-bond acceptors (Lipinski definition) is 5. The summed E-state index contributed by atoms with van der Waals surface area (Å²) in [5, 5.41) is 9.55. The van der Waals surface area contributed by atoms with Crippen LogP contribution in [0.25, 0.3) is 22.4 Å². The molecule has 7 heteroatoms. The van der Waals surface area contributed by atoms with Crippen LogP contribution in [0.3, 0.4) is 0 Å². The lowest BCUT2D eigenvalue weighted by Crippen LogP contribution is -2.36. The van der Waals surface area contributed by atoms with E-state index in [9.17, 15) is 4.79 Å². The van der Waals surface area contributed by atoms with Gasteiger partial charge in [0.15, 0.2) is 0 Å². The normalized spacial score (nSPS) is 11.2. The summed E-state index contributed by atoms with van der Waals surface area (Å²) in [5.41, 5.74) is 2.03. The SMILES string of the molecule is CC(C)N(Cc1nnc(-c2ccccc2Cl)o1)C(=O)c1ccnc2ccccc12. The van der Waals surface area contributed by atoms with Crippen LogP contribution >= 0.6 is 11.6 Å². The molecule has 2 aromatic carbocycles. The zero-order valence-electron chi connectivity index (χ0n) is 16.0. The van der Waals surface area contributed by atoms with Crippen molar-refractivity contribution in [3.63, 3.8) is 0 Å². The highest BCUT2D eigenvalue weighted by molar-refractivity contribution is 6.33. The number of carbonyl (C=O) groups is 1. The van der Waals surface area contributed by atoms with Crippen LogP contribution in [0.15, 0.2) is 65.2 Å². The molecule has 2 aromatic heterocycles. The van der Waals surface area contributed by atoms with Crippen molar-refractivity contribution in [2.45, 2.75) is 26.4 Å². The quantitative estimate of drug-likeness (QED) is 0.467. The molecule has 4 aromatic rings. The maximum atomic E-state index is 13.3. The van der Waals surface area contributed by atoms with Crippen LogP contribution in [0.2, 0.25) is 5.02 Å². The first-order valence-electron chi connectivity index (χ1n) is 9.26. The van der Waals surface area contributed by atoms with Gasteiger partial charge in [-0.2, -0.15) is 0 Å². The third kappa shape index (κ3) is 3.84. The minimum Gasteiger partial charge on any atom is -0.419 e. The van der Waals surface area contributed by atoms with Crippen LogP contribution in [0.5, 0.6) is 0 Å². The summed E-state index contributed by atoms with van der Waals surface area (Å²) in [5.74, 6) is 0.563. The van der Waals surface area contributed by atoms with E-state index in [1.54, 1.807) is 23.2 Å². The van der Waals surface area contributed by atoms with E-state index in [-0.39, 0.29) is 18.5 Å². The zero-order valence-corrected chi connectivity index (χ0v) is 16.8. The third-order valence-electron chi connectivity index (χ3n) is 4.64. The molecule has 0 aliphatic heterocycles. The van der Waals surface area contributed by atoms with E-state index in [2.05, 4.69) is 15.2 Å². The molecule has 2 heterocycles. The molecule has 6 nitrogen and oxygen atoms in total. The molecule has 0 spiro atoms. The number of nitrogens with zero attached hydrogens (tertiary/aromatic N) is 4. The first kappa shape index (κ1) is 19.1. The fraction of sp³-hybridized carbons (Fsp3) is 0.182. The number of amides is 1. The van der Waals surface area contributed by atoms with Crippen molar-refractivity contribution in [3.8, 4) is 11.5 Å². The fourth-order valence-corrected chi connectivity index (χ4v) is 3.35. The Morgan fingerprint density at radius 1 is 1.07 bits per heavy atom. The molecule has 0 atom stereocenters. The minimum atomic E-state index is -0.115. The Morgan fingerprint density at radius 3 is 2.62 bits per heavy atom. The molecule has 0 N–H and O–H groups in total. The Morgan fingerprint density at radius 2 is 1.83 bits per heavy atom. The number of halogens is 1. The van der Waals surface area contributed by atoms with Gasteiger partial charge in [-0.05, 0) is 38.1 Å². The molecule has 0 saturated carbocycles. The second kappa shape index (κ2) is 8.01. The molecule has 4 rings (SSSR count). The van der Waals surface area contributed by atoms with Gasteiger partial charge in [-0.3, -0.25) is 9.78 Å². The lowest BCUT2D eigenvalue weighted by molar-refractivity contribution is 0.0674. The molecule has 0 aliphatic rings. The van der Waals surface area contributed by atoms with E-state index in [4.69, 9.17) is 16.0 Å². The highest BCUT2D eigenvalue weighted by Gasteiger charge is 2.23. The zero-order chi connectivity index (χ0) is 20.4. The molecule has 0 saturated heterocycles. The third-order valence-corrected chi connectivity index (χ3v) is 4.97. The number of carbonyl (C=O) groups excluding carboxylic acids is 1. The summed E-state index contributed by atoms with van der Waals surface area (Å²) in [6.45, 7) is 4.10. The van der Waals surface area contributed by atoms with Crippen LogP contribution in [0, 0.1) is 0 Å². The summed E-state index contributed by atoms with van der Waals surface area (Å²) in [7, 11) is 0. The lowest BCUT2D eigenvalue weighted by Gasteiger charge is -2.25. The Labute approximate surface area is 173 Å². The van der Waals surface area contributed by atoms with E-state index in [0.29, 0.717) is 27.9 Å². The van der Waals surface area contributed by atoms with Gasteiger partial charge in [0.25, 0.3) is 5.91 Å². The van der Waals surface area contributed by atoms with Gasteiger partial charge in [-0.15, -0.1) is 10.2 Å². The maximum Gasteiger partial charge on any atom is 0.255 e. The molecule has 0 unspecified atom stereocenters. The molecule has 0 aliphatic carbocycles. The molecule has 146 valence electrons. The van der Waals surface area contributed by atoms with Gasteiger partial charge < -0.3 is 9.32 Å². The predicted octanol–water partition coefficient (Wildman–Crippen LogP) is 4.99. The summed E-state index contributed by atoms with van der Waals surface area (Å²) in [6, 6.07) is 16.5. The van der Waals surface area contributed by atoms with E-state index in [1.165, 1.54) is 0 Å². The fourth-order valence-electron chi connectivity index (χ4n) is 3.13. The van der Waals surface area contributed by atoms with Gasteiger partial charge in [-0.25, -0.2) is 0 Å². The predicted molar refractivity (Wildman–Crippen MR) is 111 cm³/mol. The Kier molecular flexibility index (Phi) is 5.27. The van der Waals surface area contributed by atoms with E-state index in [0.717, 1.165) is 10.9 Å². The summed E-state index contributed by atoms with van der Waals surface area (Å²) in [4.78, 5) is 19.4. The number of aromatic nitrogens is 3. The van der Waals surface area contributed by atoms with Crippen molar-refractivity contribution in [3.05, 3.63) is 77.3 Å².